The molecule has 1 aromatic carbocycles. The molecule has 6 heteroatoms. The Morgan fingerprint density at radius 2 is 1.90 bits per heavy atom. The van der Waals surface area contributed by atoms with Gasteiger partial charge in [0.1, 0.15) is 11.5 Å². The highest BCUT2D eigenvalue weighted by atomic mass is 19.1. The van der Waals surface area contributed by atoms with E-state index in [1.54, 1.807) is 23.1 Å². The number of aromatic amines is 1. The Morgan fingerprint density at radius 1 is 1.20 bits per heavy atom. The molecule has 0 aliphatic carbocycles. The molecule has 0 unspecified atom stereocenters. The summed E-state index contributed by atoms with van der Waals surface area (Å²) in [5.41, 5.74) is 1.89. The molecule has 2 aromatic rings. The lowest BCUT2D eigenvalue weighted by Crippen LogP contribution is -2.46. The van der Waals surface area contributed by atoms with Gasteiger partial charge in [0.05, 0.1) is 5.69 Å². The molecule has 1 fully saturated rings. The smallest absolute Gasteiger partial charge is 0.271 e. The Kier molecular flexibility index (Phi) is 3.47. The van der Waals surface area contributed by atoms with Gasteiger partial charge in [-0.2, -0.15) is 5.10 Å². The molecule has 1 amide bonds. The SMILES string of the molecule is O=C(c1cc(-c2ccc(F)cc2)n[nH]1)N1CCNCC1. The number of benzene rings is 1. The van der Waals surface area contributed by atoms with Crippen LogP contribution in [0, 0.1) is 5.82 Å². The molecule has 3 rings (SSSR count). The minimum Gasteiger partial charge on any atom is -0.335 e. The van der Waals surface area contributed by atoms with E-state index < -0.39 is 0 Å². The van der Waals surface area contributed by atoms with Crippen LogP contribution in [0.25, 0.3) is 11.3 Å². The molecule has 0 atom stereocenters. The maximum atomic E-state index is 12.9. The molecule has 0 radical (unpaired) electrons. The van der Waals surface area contributed by atoms with Crippen LogP contribution in [-0.2, 0) is 0 Å². The summed E-state index contributed by atoms with van der Waals surface area (Å²) >= 11 is 0. The van der Waals surface area contributed by atoms with Crippen molar-refractivity contribution < 1.29 is 9.18 Å². The number of amides is 1. The van der Waals surface area contributed by atoms with Gasteiger partial charge in [-0.25, -0.2) is 4.39 Å². The van der Waals surface area contributed by atoms with Gasteiger partial charge in [0.15, 0.2) is 0 Å². The number of carbonyl (C=O) groups is 1. The van der Waals surface area contributed by atoms with Crippen LogP contribution in [0.1, 0.15) is 10.5 Å². The van der Waals surface area contributed by atoms with Crippen molar-refractivity contribution in [2.75, 3.05) is 26.2 Å². The number of nitrogens with one attached hydrogen (secondary N) is 2. The van der Waals surface area contributed by atoms with Crippen molar-refractivity contribution in [3.8, 4) is 11.3 Å². The largest absolute Gasteiger partial charge is 0.335 e. The first kappa shape index (κ1) is 12.8. The summed E-state index contributed by atoms with van der Waals surface area (Å²) in [6.45, 7) is 3.02. The van der Waals surface area contributed by atoms with Crippen molar-refractivity contribution in [1.82, 2.24) is 20.4 Å². The second-order valence-corrected chi connectivity index (χ2v) is 4.72. The van der Waals surface area contributed by atoms with Gasteiger partial charge >= 0.3 is 0 Å². The van der Waals surface area contributed by atoms with E-state index in [9.17, 15) is 9.18 Å². The highest BCUT2D eigenvalue weighted by molar-refractivity contribution is 5.93. The molecule has 20 heavy (non-hydrogen) atoms. The van der Waals surface area contributed by atoms with Crippen molar-refractivity contribution in [2.24, 2.45) is 0 Å². The van der Waals surface area contributed by atoms with Crippen LogP contribution in [0.15, 0.2) is 30.3 Å². The van der Waals surface area contributed by atoms with Crippen LogP contribution in [0.3, 0.4) is 0 Å². The highest BCUT2D eigenvalue weighted by Crippen LogP contribution is 2.18. The van der Waals surface area contributed by atoms with Gasteiger partial charge in [0, 0.05) is 31.7 Å². The van der Waals surface area contributed by atoms with E-state index in [-0.39, 0.29) is 11.7 Å². The van der Waals surface area contributed by atoms with E-state index in [2.05, 4.69) is 15.5 Å². The van der Waals surface area contributed by atoms with Crippen molar-refractivity contribution >= 4 is 5.91 Å². The molecular weight excluding hydrogens is 259 g/mol. The lowest BCUT2D eigenvalue weighted by atomic mass is 10.1. The van der Waals surface area contributed by atoms with Crippen molar-refractivity contribution in [3.63, 3.8) is 0 Å². The van der Waals surface area contributed by atoms with Crippen LogP contribution >= 0.6 is 0 Å². The van der Waals surface area contributed by atoms with E-state index in [1.165, 1.54) is 12.1 Å². The zero-order valence-corrected chi connectivity index (χ0v) is 10.9. The van der Waals surface area contributed by atoms with Gasteiger partial charge in [0.25, 0.3) is 5.91 Å². The van der Waals surface area contributed by atoms with Gasteiger partial charge in [-0.3, -0.25) is 9.89 Å². The molecule has 2 heterocycles. The molecule has 1 saturated heterocycles. The summed E-state index contributed by atoms with van der Waals surface area (Å²) in [5.74, 6) is -0.339. The average molecular weight is 274 g/mol. The van der Waals surface area contributed by atoms with Crippen molar-refractivity contribution in [2.45, 2.75) is 0 Å². The molecule has 1 aromatic heterocycles. The summed E-state index contributed by atoms with van der Waals surface area (Å²) in [5, 5.41) is 10.1. The molecule has 1 aliphatic heterocycles. The molecule has 104 valence electrons. The maximum Gasteiger partial charge on any atom is 0.271 e. The van der Waals surface area contributed by atoms with Crippen LogP contribution in [0.2, 0.25) is 0 Å². The van der Waals surface area contributed by atoms with E-state index in [0.717, 1.165) is 18.7 Å². The maximum absolute atomic E-state index is 12.9. The summed E-state index contributed by atoms with van der Waals surface area (Å²) in [4.78, 5) is 14.1. The minimum atomic E-state index is -0.290. The van der Waals surface area contributed by atoms with Crippen LogP contribution < -0.4 is 5.32 Å². The van der Waals surface area contributed by atoms with Gasteiger partial charge in [-0.15, -0.1) is 0 Å². The Balaban J connectivity index is 1.79. The quantitative estimate of drug-likeness (QED) is 0.866. The molecule has 2 N–H and O–H groups in total. The molecular formula is C14H15FN4O. The number of hydrogen-bond donors (Lipinski definition) is 2. The fourth-order valence-corrected chi connectivity index (χ4v) is 2.24. The van der Waals surface area contributed by atoms with Crippen LogP contribution in [0.4, 0.5) is 4.39 Å². The number of halogens is 1. The average Bonchev–Trinajstić information content (AvgIpc) is 2.98. The van der Waals surface area contributed by atoms with Gasteiger partial charge in [0.2, 0.25) is 0 Å². The lowest BCUT2D eigenvalue weighted by molar-refractivity contribution is 0.0730. The number of aromatic nitrogens is 2. The number of hydrogen-bond acceptors (Lipinski definition) is 3. The third-order valence-electron chi connectivity index (χ3n) is 3.35. The Hall–Kier alpha value is -2.21. The third-order valence-corrected chi connectivity index (χ3v) is 3.35. The molecule has 0 spiro atoms. The first-order chi connectivity index (χ1) is 9.74. The first-order valence-electron chi connectivity index (χ1n) is 6.55. The predicted octanol–water partition coefficient (Wildman–Crippen LogP) is 1.26. The summed E-state index contributed by atoms with van der Waals surface area (Å²) in [7, 11) is 0. The summed E-state index contributed by atoms with van der Waals surface area (Å²) in [6, 6.07) is 7.75. The Morgan fingerprint density at radius 3 is 2.60 bits per heavy atom. The van der Waals surface area contributed by atoms with Crippen molar-refractivity contribution in [1.29, 1.82) is 0 Å². The standard InChI is InChI=1S/C14H15FN4O/c15-11-3-1-10(2-4-11)12-9-13(18-17-12)14(20)19-7-5-16-6-8-19/h1-4,9,16H,5-8H2,(H,17,18). The molecule has 0 bridgehead atoms. The van der Waals surface area contributed by atoms with E-state index in [0.29, 0.717) is 24.5 Å². The van der Waals surface area contributed by atoms with Gasteiger partial charge < -0.3 is 10.2 Å². The number of rotatable bonds is 2. The van der Waals surface area contributed by atoms with Crippen LogP contribution in [-0.4, -0.2) is 47.2 Å². The van der Waals surface area contributed by atoms with Crippen LogP contribution in [0.5, 0.6) is 0 Å². The van der Waals surface area contributed by atoms with E-state index >= 15 is 0 Å². The topological polar surface area (TPSA) is 61.0 Å². The second kappa shape index (κ2) is 5.42. The third kappa shape index (κ3) is 2.55. The number of nitrogens with zero attached hydrogens (tertiary/aromatic N) is 2. The van der Waals surface area contributed by atoms with Crippen molar-refractivity contribution in [3.05, 3.63) is 41.8 Å². The predicted molar refractivity (Wildman–Crippen MR) is 72.8 cm³/mol. The zero-order valence-electron chi connectivity index (χ0n) is 10.9. The molecule has 0 saturated carbocycles. The normalized spacial score (nSPS) is 15.3. The molecule has 5 nitrogen and oxygen atoms in total. The highest BCUT2D eigenvalue weighted by Gasteiger charge is 2.20. The lowest BCUT2D eigenvalue weighted by Gasteiger charge is -2.26. The summed E-state index contributed by atoms with van der Waals surface area (Å²) < 4.78 is 12.9. The Labute approximate surface area is 115 Å². The minimum absolute atomic E-state index is 0.0487. The number of H-pyrrole nitrogens is 1. The van der Waals surface area contributed by atoms with E-state index in [4.69, 9.17) is 0 Å². The molecule has 1 aliphatic rings. The fraction of sp³-hybridized carbons (Fsp3) is 0.286. The van der Waals surface area contributed by atoms with E-state index in [1.807, 2.05) is 0 Å². The number of piperazine rings is 1. The monoisotopic (exact) mass is 274 g/mol. The number of carbonyl (C=O) groups excluding carboxylic acids is 1. The Bertz CT molecular complexity index is 602. The fourth-order valence-electron chi connectivity index (χ4n) is 2.24. The zero-order chi connectivity index (χ0) is 13.9. The van der Waals surface area contributed by atoms with Gasteiger partial charge in [-0.05, 0) is 30.3 Å². The van der Waals surface area contributed by atoms with Gasteiger partial charge in [-0.1, -0.05) is 0 Å². The second-order valence-electron chi connectivity index (χ2n) is 4.72. The summed E-state index contributed by atoms with van der Waals surface area (Å²) in [6.07, 6.45) is 0. The first-order valence-corrected chi connectivity index (χ1v) is 6.55.